The highest BCUT2D eigenvalue weighted by Gasteiger charge is 2.28. The number of aryl methyl sites for hydroxylation is 1. The highest BCUT2D eigenvalue weighted by molar-refractivity contribution is 5.89. The Balaban J connectivity index is 2.59. The molecule has 1 heterocycles. The third-order valence-corrected chi connectivity index (χ3v) is 2.88. The van der Waals surface area contributed by atoms with Gasteiger partial charge in [0.2, 0.25) is 11.9 Å². The lowest BCUT2D eigenvalue weighted by Crippen LogP contribution is -2.34. The molecule has 1 aromatic heterocycles. The molecule has 1 aromatic rings. The summed E-state index contributed by atoms with van der Waals surface area (Å²) in [5.74, 6) is 0.172. The molecule has 0 unspecified atom stereocenters. The van der Waals surface area contributed by atoms with E-state index in [1.807, 2.05) is 13.8 Å². The van der Waals surface area contributed by atoms with Crippen molar-refractivity contribution in [1.82, 2.24) is 14.8 Å². The van der Waals surface area contributed by atoms with Gasteiger partial charge in [-0.3, -0.25) is 10.1 Å². The molecule has 0 radical (unpaired) electrons. The molecule has 0 bridgehead atoms. The molecule has 0 aliphatic heterocycles. The quantitative estimate of drug-likeness (QED) is 0.772. The maximum absolute atomic E-state index is 11.9. The zero-order valence-electron chi connectivity index (χ0n) is 11.3. The van der Waals surface area contributed by atoms with Gasteiger partial charge in [0.15, 0.2) is 0 Å². The summed E-state index contributed by atoms with van der Waals surface area (Å²) >= 11 is 0. The van der Waals surface area contributed by atoms with Crippen LogP contribution in [0.3, 0.4) is 0 Å². The predicted octanol–water partition coefficient (Wildman–Crippen LogP) is 1.47. The van der Waals surface area contributed by atoms with Gasteiger partial charge in [0.1, 0.15) is 6.33 Å². The number of hydrogen-bond acceptors (Lipinski definition) is 4. The van der Waals surface area contributed by atoms with E-state index in [1.54, 1.807) is 7.05 Å². The Morgan fingerprint density at radius 1 is 1.44 bits per heavy atom. The second-order valence-electron chi connectivity index (χ2n) is 4.66. The fourth-order valence-corrected chi connectivity index (χ4v) is 2.11. The van der Waals surface area contributed by atoms with Crippen molar-refractivity contribution in [2.24, 2.45) is 7.05 Å². The largest absolute Gasteiger partial charge is 0.389 e. The molecular formula is C12H22N4O2. The van der Waals surface area contributed by atoms with Gasteiger partial charge >= 0.3 is 0 Å². The number of carbonyl (C=O) groups is 1. The van der Waals surface area contributed by atoms with Crippen molar-refractivity contribution in [3.8, 4) is 0 Å². The number of rotatable bonds is 7. The number of aromatic nitrogens is 3. The number of aliphatic hydroxyl groups is 1. The minimum Gasteiger partial charge on any atom is -0.389 e. The van der Waals surface area contributed by atoms with Crippen molar-refractivity contribution in [1.29, 1.82) is 0 Å². The molecule has 2 N–H and O–H groups in total. The fourth-order valence-electron chi connectivity index (χ4n) is 2.11. The molecular weight excluding hydrogens is 232 g/mol. The van der Waals surface area contributed by atoms with Crippen molar-refractivity contribution < 1.29 is 9.90 Å². The van der Waals surface area contributed by atoms with Crippen LogP contribution in [0.5, 0.6) is 0 Å². The maximum atomic E-state index is 11.9. The molecule has 6 heteroatoms. The van der Waals surface area contributed by atoms with E-state index in [1.165, 1.54) is 11.0 Å². The van der Waals surface area contributed by atoms with E-state index in [0.717, 1.165) is 12.8 Å². The van der Waals surface area contributed by atoms with E-state index in [2.05, 4.69) is 15.4 Å². The molecule has 0 spiro atoms. The number of carbonyl (C=O) groups excluding carboxylic acids is 1. The average molecular weight is 254 g/mol. The van der Waals surface area contributed by atoms with E-state index in [0.29, 0.717) is 18.8 Å². The third-order valence-electron chi connectivity index (χ3n) is 2.88. The third kappa shape index (κ3) is 4.10. The first kappa shape index (κ1) is 14.6. The zero-order valence-corrected chi connectivity index (χ0v) is 11.3. The van der Waals surface area contributed by atoms with Crippen LogP contribution in [0, 0.1) is 0 Å². The Morgan fingerprint density at radius 2 is 2.06 bits per heavy atom. The monoisotopic (exact) mass is 254 g/mol. The summed E-state index contributed by atoms with van der Waals surface area (Å²) in [7, 11) is 1.70. The normalized spacial score (nSPS) is 11.6. The summed E-state index contributed by atoms with van der Waals surface area (Å²) in [4.78, 5) is 15.8. The van der Waals surface area contributed by atoms with Crippen LogP contribution in [-0.2, 0) is 11.8 Å². The number of amides is 1. The van der Waals surface area contributed by atoms with Gasteiger partial charge in [0.25, 0.3) is 0 Å². The maximum Gasteiger partial charge on any atom is 0.229 e. The van der Waals surface area contributed by atoms with Crippen LogP contribution in [0.15, 0.2) is 6.33 Å². The van der Waals surface area contributed by atoms with Crippen LogP contribution in [0.4, 0.5) is 5.95 Å². The first-order chi connectivity index (χ1) is 8.50. The van der Waals surface area contributed by atoms with Gasteiger partial charge in [-0.25, -0.2) is 4.68 Å². The smallest absolute Gasteiger partial charge is 0.229 e. The van der Waals surface area contributed by atoms with E-state index in [4.69, 9.17) is 0 Å². The Hall–Kier alpha value is -1.43. The molecule has 1 amide bonds. The van der Waals surface area contributed by atoms with E-state index >= 15 is 0 Å². The van der Waals surface area contributed by atoms with Gasteiger partial charge in [-0.2, -0.15) is 10.1 Å². The van der Waals surface area contributed by atoms with Crippen LogP contribution < -0.4 is 5.32 Å². The van der Waals surface area contributed by atoms with Gasteiger partial charge in [0, 0.05) is 7.05 Å². The molecule has 0 atom stereocenters. The van der Waals surface area contributed by atoms with Crippen LogP contribution >= 0.6 is 0 Å². The number of anilines is 1. The molecule has 18 heavy (non-hydrogen) atoms. The summed E-state index contributed by atoms with van der Waals surface area (Å²) in [5.41, 5.74) is -0.911. The van der Waals surface area contributed by atoms with Gasteiger partial charge < -0.3 is 5.11 Å². The molecule has 0 aliphatic rings. The highest BCUT2D eigenvalue weighted by atomic mass is 16.3. The molecule has 0 saturated heterocycles. The van der Waals surface area contributed by atoms with Gasteiger partial charge in [0.05, 0.1) is 12.0 Å². The Morgan fingerprint density at radius 3 is 2.50 bits per heavy atom. The molecule has 0 saturated carbocycles. The first-order valence-corrected chi connectivity index (χ1v) is 6.37. The Kier molecular flexibility index (Phi) is 5.27. The zero-order chi connectivity index (χ0) is 13.6. The van der Waals surface area contributed by atoms with Crippen LogP contribution in [0.25, 0.3) is 0 Å². The molecule has 0 fully saturated rings. The summed E-state index contributed by atoms with van der Waals surface area (Å²) in [6.07, 6.45) is 4.45. The van der Waals surface area contributed by atoms with E-state index < -0.39 is 5.60 Å². The van der Waals surface area contributed by atoms with Crippen molar-refractivity contribution in [3.05, 3.63) is 6.33 Å². The van der Waals surface area contributed by atoms with Crippen molar-refractivity contribution >= 4 is 11.9 Å². The summed E-state index contributed by atoms with van der Waals surface area (Å²) < 4.78 is 1.48. The van der Waals surface area contributed by atoms with Gasteiger partial charge in [-0.1, -0.05) is 26.7 Å². The lowest BCUT2D eigenvalue weighted by molar-refractivity contribution is -0.121. The van der Waals surface area contributed by atoms with Gasteiger partial charge in [-0.05, 0) is 12.8 Å². The number of hydrogen-bond donors (Lipinski definition) is 2. The number of nitrogens with one attached hydrogen (secondary N) is 1. The van der Waals surface area contributed by atoms with E-state index in [-0.39, 0.29) is 12.3 Å². The molecule has 102 valence electrons. The minimum absolute atomic E-state index is 0.0987. The summed E-state index contributed by atoms with van der Waals surface area (Å²) in [6, 6.07) is 0. The SMILES string of the molecule is CCCC(O)(CCC)CC(=O)Nc1ncnn1C. The van der Waals surface area contributed by atoms with Gasteiger partial charge in [-0.15, -0.1) is 0 Å². The Bertz CT molecular complexity index is 383. The number of nitrogens with zero attached hydrogens (tertiary/aromatic N) is 3. The predicted molar refractivity (Wildman–Crippen MR) is 69.0 cm³/mol. The van der Waals surface area contributed by atoms with Crippen molar-refractivity contribution in [2.45, 2.75) is 51.6 Å². The molecule has 0 aromatic carbocycles. The van der Waals surface area contributed by atoms with Crippen LogP contribution in [0.1, 0.15) is 46.0 Å². The highest BCUT2D eigenvalue weighted by Crippen LogP contribution is 2.23. The standard InChI is InChI=1S/C12H22N4O2/c1-4-6-12(18,7-5-2)8-10(17)15-11-13-9-14-16(11)3/h9,18H,4-8H2,1-3H3,(H,13,14,15,17). The van der Waals surface area contributed by atoms with Crippen molar-refractivity contribution in [2.75, 3.05) is 5.32 Å². The minimum atomic E-state index is -0.911. The van der Waals surface area contributed by atoms with Crippen molar-refractivity contribution in [3.63, 3.8) is 0 Å². The second kappa shape index (κ2) is 6.49. The molecule has 1 rings (SSSR count). The topological polar surface area (TPSA) is 80.0 Å². The lowest BCUT2D eigenvalue weighted by Gasteiger charge is -2.26. The fraction of sp³-hybridized carbons (Fsp3) is 0.750. The van der Waals surface area contributed by atoms with E-state index in [9.17, 15) is 9.90 Å². The Labute approximate surface area is 107 Å². The summed E-state index contributed by atoms with van der Waals surface area (Å²) in [5, 5.41) is 16.9. The van der Waals surface area contributed by atoms with Crippen LogP contribution in [-0.4, -0.2) is 31.4 Å². The van der Waals surface area contributed by atoms with Crippen LogP contribution in [0.2, 0.25) is 0 Å². The second-order valence-corrected chi connectivity index (χ2v) is 4.66. The first-order valence-electron chi connectivity index (χ1n) is 6.37. The molecule has 0 aliphatic carbocycles. The summed E-state index contributed by atoms with van der Waals surface area (Å²) in [6.45, 7) is 4.00. The lowest BCUT2D eigenvalue weighted by atomic mass is 9.89. The molecule has 6 nitrogen and oxygen atoms in total. The average Bonchev–Trinajstić information content (AvgIpc) is 2.64.